The summed E-state index contributed by atoms with van der Waals surface area (Å²) in [5.74, 6) is 2.16. The Bertz CT molecular complexity index is 1460. The number of ether oxygens (including phenoxy) is 2. The zero-order valence-corrected chi connectivity index (χ0v) is 24.0. The van der Waals surface area contributed by atoms with Gasteiger partial charge >= 0.3 is 0 Å². The molecule has 41 heavy (non-hydrogen) atoms. The van der Waals surface area contributed by atoms with E-state index in [9.17, 15) is 18.5 Å². The van der Waals surface area contributed by atoms with E-state index < -0.39 is 9.84 Å². The summed E-state index contributed by atoms with van der Waals surface area (Å²) in [7, 11) is -3.14. The Morgan fingerprint density at radius 1 is 1.15 bits per heavy atom. The molecule has 218 valence electrons. The van der Waals surface area contributed by atoms with Crippen molar-refractivity contribution in [1.82, 2.24) is 19.8 Å². The van der Waals surface area contributed by atoms with Crippen molar-refractivity contribution in [2.45, 2.75) is 37.8 Å². The van der Waals surface area contributed by atoms with Crippen molar-refractivity contribution in [2.24, 2.45) is 0 Å². The lowest BCUT2D eigenvalue weighted by atomic mass is 9.86. The topological polar surface area (TPSA) is 141 Å². The van der Waals surface area contributed by atoms with Crippen LogP contribution in [0.3, 0.4) is 0 Å². The first-order valence-corrected chi connectivity index (χ1v) is 16.2. The first-order valence-electron chi connectivity index (χ1n) is 14.1. The van der Waals surface area contributed by atoms with Gasteiger partial charge in [-0.2, -0.15) is 5.26 Å². The summed E-state index contributed by atoms with van der Waals surface area (Å²) in [6, 6.07) is 6.73. The molecule has 0 aliphatic carbocycles. The molecule has 1 aromatic carbocycles. The van der Waals surface area contributed by atoms with E-state index in [4.69, 9.17) is 9.47 Å². The monoisotopic (exact) mass is 581 g/mol. The SMILES string of the molecule is CS(=O)(=O)CCC(=O)N1CCC(N2CC(c3cc(C#N)c4c(c3)Nc3ncnc(N5CCOCC5)c3CO4)C2)CC1. The predicted molar refractivity (Wildman–Crippen MR) is 152 cm³/mol. The highest BCUT2D eigenvalue weighted by molar-refractivity contribution is 7.90. The van der Waals surface area contributed by atoms with Crippen LogP contribution in [0.1, 0.15) is 41.9 Å². The van der Waals surface area contributed by atoms with Crippen LogP contribution in [0.25, 0.3) is 0 Å². The number of nitrogens with one attached hydrogen (secondary N) is 1. The van der Waals surface area contributed by atoms with Gasteiger partial charge in [0.05, 0.1) is 35.8 Å². The van der Waals surface area contributed by atoms with Crippen LogP contribution in [0, 0.1) is 11.3 Å². The summed E-state index contributed by atoms with van der Waals surface area (Å²) in [5.41, 5.74) is 3.20. The number of aromatic nitrogens is 2. The predicted octanol–water partition coefficient (Wildman–Crippen LogP) is 1.65. The van der Waals surface area contributed by atoms with Gasteiger partial charge < -0.3 is 24.6 Å². The second-order valence-electron chi connectivity index (χ2n) is 11.2. The van der Waals surface area contributed by atoms with Crippen LogP contribution in [-0.2, 0) is 26.0 Å². The molecule has 6 rings (SSSR count). The number of nitrogens with zero attached hydrogens (tertiary/aromatic N) is 6. The number of rotatable bonds is 6. The number of amides is 1. The van der Waals surface area contributed by atoms with Gasteiger partial charge in [-0.1, -0.05) is 0 Å². The number of fused-ring (bicyclic) bond motifs is 2. The molecular weight excluding hydrogens is 546 g/mol. The Hall–Kier alpha value is -3.47. The van der Waals surface area contributed by atoms with Crippen LogP contribution in [0.15, 0.2) is 18.5 Å². The number of piperidine rings is 1. The number of morpholine rings is 1. The summed E-state index contributed by atoms with van der Waals surface area (Å²) < 4.78 is 34.5. The maximum Gasteiger partial charge on any atom is 0.223 e. The van der Waals surface area contributed by atoms with Gasteiger partial charge in [-0.25, -0.2) is 18.4 Å². The third kappa shape index (κ3) is 5.95. The molecule has 1 N–H and O–H groups in total. The maximum absolute atomic E-state index is 12.4. The van der Waals surface area contributed by atoms with Gasteiger partial charge in [-0.3, -0.25) is 9.69 Å². The Kier molecular flexibility index (Phi) is 7.72. The molecule has 12 nitrogen and oxygen atoms in total. The van der Waals surface area contributed by atoms with Crippen LogP contribution < -0.4 is 15.0 Å². The van der Waals surface area contributed by atoms with Crippen molar-refractivity contribution in [2.75, 3.05) is 74.7 Å². The number of carbonyl (C=O) groups excluding carboxylic acids is 1. The van der Waals surface area contributed by atoms with Gasteiger partial charge in [-0.05, 0) is 30.5 Å². The molecule has 4 aliphatic heterocycles. The average molecular weight is 582 g/mol. The Morgan fingerprint density at radius 3 is 2.61 bits per heavy atom. The highest BCUT2D eigenvalue weighted by atomic mass is 32.2. The molecule has 5 heterocycles. The maximum atomic E-state index is 12.4. The van der Waals surface area contributed by atoms with Gasteiger partial charge in [0.15, 0.2) is 5.75 Å². The number of likely N-dealkylation sites (tertiary alicyclic amines) is 2. The number of hydrogen-bond acceptors (Lipinski definition) is 11. The minimum absolute atomic E-state index is 0.0532. The van der Waals surface area contributed by atoms with E-state index in [1.807, 2.05) is 6.07 Å². The fourth-order valence-corrected chi connectivity index (χ4v) is 6.66. The first kappa shape index (κ1) is 27.7. The normalized spacial score (nSPS) is 20.1. The Balaban J connectivity index is 1.10. The van der Waals surface area contributed by atoms with E-state index in [0.29, 0.717) is 55.4 Å². The largest absolute Gasteiger partial charge is 0.485 e. The molecule has 2 aromatic rings. The minimum Gasteiger partial charge on any atom is -0.485 e. The summed E-state index contributed by atoms with van der Waals surface area (Å²) in [5, 5.41) is 13.4. The molecule has 3 fully saturated rings. The summed E-state index contributed by atoms with van der Waals surface area (Å²) in [4.78, 5) is 27.9. The molecular formula is C28H35N7O5S. The van der Waals surface area contributed by atoms with Crippen LogP contribution in [0.2, 0.25) is 0 Å². The lowest BCUT2D eigenvalue weighted by molar-refractivity contribution is -0.132. The van der Waals surface area contributed by atoms with Gasteiger partial charge in [0.2, 0.25) is 5.91 Å². The lowest BCUT2D eigenvalue weighted by Gasteiger charge is -2.47. The van der Waals surface area contributed by atoms with Gasteiger partial charge in [-0.15, -0.1) is 0 Å². The van der Waals surface area contributed by atoms with Crippen LogP contribution in [0.5, 0.6) is 5.75 Å². The van der Waals surface area contributed by atoms with Crippen LogP contribution in [0.4, 0.5) is 17.3 Å². The van der Waals surface area contributed by atoms with Gasteiger partial charge in [0.1, 0.15) is 40.5 Å². The lowest BCUT2D eigenvalue weighted by Crippen LogP contribution is -2.54. The van der Waals surface area contributed by atoms with Crippen molar-refractivity contribution in [3.05, 3.63) is 35.2 Å². The Morgan fingerprint density at radius 2 is 1.90 bits per heavy atom. The zero-order valence-electron chi connectivity index (χ0n) is 23.2. The summed E-state index contributed by atoms with van der Waals surface area (Å²) in [6.45, 7) is 6.15. The van der Waals surface area contributed by atoms with Crippen molar-refractivity contribution in [1.29, 1.82) is 5.26 Å². The standard InChI is InChI=1S/C28H35N7O5S/c1-41(37,38)11-4-25(36)33-5-2-22(3-6-33)35-15-21(16-35)19-12-20(14-29)26-24(13-19)32-27-23(17-40-26)28(31-18-30-27)34-7-9-39-10-8-34/h12-13,18,21-22H,2-11,15-17H2,1H3,(H,30,31,32). The van der Waals surface area contributed by atoms with Crippen LogP contribution in [-0.4, -0.2) is 105 Å². The molecule has 0 radical (unpaired) electrons. The second-order valence-corrected chi connectivity index (χ2v) is 13.5. The van der Waals surface area contributed by atoms with Gasteiger partial charge in [0, 0.05) is 63.9 Å². The highest BCUT2D eigenvalue weighted by Crippen LogP contribution is 2.42. The molecule has 0 spiro atoms. The fraction of sp³-hybridized carbons (Fsp3) is 0.571. The third-order valence-corrected chi connectivity index (χ3v) is 9.43. The van der Waals surface area contributed by atoms with Crippen molar-refractivity contribution in [3.63, 3.8) is 0 Å². The summed E-state index contributed by atoms with van der Waals surface area (Å²) >= 11 is 0. The molecule has 0 saturated carbocycles. The molecule has 0 atom stereocenters. The zero-order chi connectivity index (χ0) is 28.6. The first-order chi connectivity index (χ1) is 19.8. The van der Waals surface area contributed by atoms with Crippen molar-refractivity contribution >= 4 is 33.1 Å². The molecule has 1 aromatic heterocycles. The van der Waals surface area contributed by atoms with E-state index in [2.05, 4.69) is 37.2 Å². The molecule has 4 aliphatic rings. The van der Waals surface area contributed by atoms with E-state index >= 15 is 0 Å². The van der Waals surface area contributed by atoms with E-state index in [1.165, 1.54) is 0 Å². The smallest absolute Gasteiger partial charge is 0.223 e. The number of hydrogen-bond donors (Lipinski definition) is 1. The van der Waals surface area contributed by atoms with Crippen LogP contribution >= 0.6 is 0 Å². The average Bonchev–Trinajstić information content (AvgIpc) is 3.14. The number of anilines is 3. The fourth-order valence-electron chi connectivity index (χ4n) is 6.11. The van der Waals surface area contributed by atoms with Crippen molar-refractivity contribution in [3.8, 4) is 11.8 Å². The molecule has 0 unspecified atom stereocenters. The number of benzene rings is 1. The second kappa shape index (κ2) is 11.4. The summed E-state index contributed by atoms with van der Waals surface area (Å²) in [6.07, 6.45) is 4.53. The molecule has 0 bridgehead atoms. The molecule has 1 amide bonds. The number of nitriles is 1. The van der Waals surface area contributed by atoms with E-state index in [0.717, 1.165) is 67.9 Å². The number of carbonyl (C=O) groups is 1. The quantitative estimate of drug-likeness (QED) is 0.532. The molecule has 3 saturated heterocycles. The van der Waals surface area contributed by atoms with Crippen molar-refractivity contribution < 1.29 is 22.7 Å². The number of sulfone groups is 1. The van der Waals surface area contributed by atoms with Gasteiger partial charge in [0.25, 0.3) is 0 Å². The Labute approximate surface area is 240 Å². The molecule has 13 heteroatoms. The minimum atomic E-state index is -3.14. The van der Waals surface area contributed by atoms with E-state index in [-0.39, 0.29) is 24.7 Å². The third-order valence-electron chi connectivity index (χ3n) is 8.48. The van der Waals surface area contributed by atoms with E-state index in [1.54, 1.807) is 11.2 Å². The highest BCUT2D eigenvalue weighted by Gasteiger charge is 2.36.